The number of imide groups is 1. The normalized spacial score (nSPS) is 16.1. The molecule has 2 rings (SSSR count). The molecule has 1 aliphatic rings. The van der Waals surface area contributed by atoms with Gasteiger partial charge >= 0.3 is 18.1 Å². The van der Waals surface area contributed by atoms with Crippen molar-refractivity contribution in [3.05, 3.63) is 35.9 Å². The molecule has 24 heavy (non-hydrogen) atoms. The molecule has 4 amide bonds. The van der Waals surface area contributed by atoms with Crippen molar-refractivity contribution < 1.29 is 29.0 Å². The van der Waals surface area contributed by atoms with Crippen molar-refractivity contribution in [3.63, 3.8) is 0 Å². The second kappa shape index (κ2) is 7.44. The first kappa shape index (κ1) is 17.3. The Balaban J connectivity index is 1.76. The zero-order valence-electron chi connectivity index (χ0n) is 13.0. The SMILES string of the molecule is CN(CC(=O)O)C(=O)N1C[C@H](NC(=O)OCc2ccccc2)C1=O. The third-order valence-electron chi connectivity index (χ3n) is 3.36. The summed E-state index contributed by atoms with van der Waals surface area (Å²) >= 11 is 0. The van der Waals surface area contributed by atoms with Crippen LogP contribution >= 0.6 is 0 Å². The molecule has 0 aliphatic carbocycles. The van der Waals surface area contributed by atoms with Gasteiger partial charge in [0, 0.05) is 7.05 Å². The Hall–Kier alpha value is -3.10. The predicted octanol–water partition coefficient (Wildman–Crippen LogP) is 0.260. The second-order valence-electron chi connectivity index (χ2n) is 5.24. The number of carboxylic acid groups (broad SMARTS) is 1. The fourth-order valence-corrected chi connectivity index (χ4v) is 2.09. The standard InChI is InChI=1S/C15H17N3O6/c1-17(8-12(19)20)15(23)18-7-11(13(18)21)16-14(22)24-9-10-5-3-2-4-6-10/h2-6,11H,7-9H2,1H3,(H,16,22)(H,19,20)/t11-/m0/s1. The first-order valence-corrected chi connectivity index (χ1v) is 7.14. The van der Waals surface area contributed by atoms with Gasteiger partial charge in [-0.1, -0.05) is 30.3 Å². The summed E-state index contributed by atoms with van der Waals surface area (Å²) < 4.78 is 4.98. The predicted molar refractivity (Wildman–Crippen MR) is 80.9 cm³/mol. The fraction of sp³-hybridized carbons (Fsp3) is 0.333. The molecule has 1 heterocycles. The third-order valence-corrected chi connectivity index (χ3v) is 3.36. The van der Waals surface area contributed by atoms with Gasteiger partial charge in [0.05, 0.1) is 6.54 Å². The molecular formula is C15H17N3O6. The number of amides is 4. The van der Waals surface area contributed by atoms with E-state index in [1.54, 1.807) is 12.1 Å². The van der Waals surface area contributed by atoms with Gasteiger partial charge in [-0.25, -0.2) is 9.59 Å². The summed E-state index contributed by atoms with van der Waals surface area (Å²) in [6.45, 7) is -0.473. The number of nitrogens with zero attached hydrogens (tertiary/aromatic N) is 2. The molecule has 1 aromatic carbocycles. The Morgan fingerprint density at radius 2 is 2.00 bits per heavy atom. The van der Waals surface area contributed by atoms with E-state index in [1.807, 2.05) is 18.2 Å². The molecular weight excluding hydrogens is 318 g/mol. The van der Waals surface area contributed by atoms with Gasteiger partial charge in [0.25, 0.3) is 5.91 Å². The number of likely N-dealkylation sites (tertiary alicyclic amines) is 1. The summed E-state index contributed by atoms with van der Waals surface area (Å²) in [5.41, 5.74) is 0.805. The highest BCUT2D eigenvalue weighted by molar-refractivity contribution is 6.03. The summed E-state index contributed by atoms with van der Waals surface area (Å²) in [4.78, 5) is 47.7. The van der Waals surface area contributed by atoms with E-state index in [2.05, 4.69) is 5.32 Å². The summed E-state index contributed by atoms with van der Waals surface area (Å²) in [6.07, 6.45) is -0.761. The molecule has 1 fully saturated rings. The van der Waals surface area contributed by atoms with Crippen LogP contribution in [0.5, 0.6) is 0 Å². The molecule has 0 unspecified atom stereocenters. The third kappa shape index (κ3) is 4.22. The number of likely N-dealkylation sites (N-methyl/N-ethyl adjacent to an activating group) is 1. The maximum absolute atomic E-state index is 11.9. The molecule has 1 saturated heterocycles. The van der Waals surface area contributed by atoms with Crippen molar-refractivity contribution >= 4 is 24.0 Å². The molecule has 0 aromatic heterocycles. The molecule has 9 heteroatoms. The smallest absolute Gasteiger partial charge is 0.408 e. The number of hydrogen-bond acceptors (Lipinski definition) is 5. The maximum Gasteiger partial charge on any atom is 0.408 e. The molecule has 9 nitrogen and oxygen atoms in total. The number of β-lactam (4-membered cyclic amide) rings is 1. The lowest BCUT2D eigenvalue weighted by Crippen LogP contribution is -2.67. The Morgan fingerprint density at radius 3 is 2.58 bits per heavy atom. The van der Waals surface area contributed by atoms with Crippen LogP contribution in [0.4, 0.5) is 9.59 Å². The highest BCUT2D eigenvalue weighted by Gasteiger charge is 2.43. The van der Waals surface area contributed by atoms with Crippen molar-refractivity contribution in [1.82, 2.24) is 15.1 Å². The number of urea groups is 1. The zero-order valence-corrected chi connectivity index (χ0v) is 13.0. The lowest BCUT2D eigenvalue weighted by Gasteiger charge is -2.38. The lowest BCUT2D eigenvalue weighted by atomic mass is 10.1. The van der Waals surface area contributed by atoms with Gasteiger partial charge in [-0.3, -0.25) is 14.5 Å². The molecule has 1 aliphatic heterocycles. The van der Waals surface area contributed by atoms with E-state index in [1.165, 1.54) is 7.05 Å². The van der Waals surface area contributed by atoms with E-state index >= 15 is 0 Å². The molecule has 0 spiro atoms. The van der Waals surface area contributed by atoms with Crippen molar-refractivity contribution in [2.45, 2.75) is 12.6 Å². The largest absolute Gasteiger partial charge is 0.480 e. The fourth-order valence-electron chi connectivity index (χ4n) is 2.09. The number of nitrogens with one attached hydrogen (secondary N) is 1. The Bertz CT molecular complexity index is 648. The van der Waals surface area contributed by atoms with E-state index in [4.69, 9.17) is 9.84 Å². The average Bonchev–Trinajstić information content (AvgIpc) is 2.55. The van der Waals surface area contributed by atoms with Gasteiger partial charge < -0.3 is 20.1 Å². The zero-order chi connectivity index (χ0) is 17.7. The van der Waals surface area contributed by atoms with E-state index in [0.29, 0.717) is 0 Å². The molecule has 2 N–H and O–H groups in total. The summed E-state index contributed by atoms with van der Waals surface area (Å²) in [5, 5.41) is 11.0. The van der Waals surface area contributed by atoms with Crippen LogP contribution in [0.15, 0.2) is 30.3 Å². The van der Waals surface area contributed by atoms with Crippen LogP contribution in [-0.2, 0) is 20.9 Å². The molecule has 128 valence electrons. The number of rotatable bonds is 5. The summed E-state index contributed by atoms with van der Waals surface area (Å²) in [6, 6.07) is 7.46. The second-order valence-corrected chi connectivity index (χ2v) is 5.24. The van der Waals surface area contributed by atoms with Crippen LogP contribution in [-0.4, -0.2) is 65.1 Å². The summed E-state index contributed by atoms with van der Waals surface area (Å²) in [5.74, 6) is -1.79. The number of hydrogen-bond donors (Lipinski definition) is 2. The number of benzene rings is 1. The minimum atomic E-state index is -1.18. The van der Waals surface area contributed by atoms with Crippen LogP contribution < -0.4 is 5.32 Å². The molecule has 0 bridgehead atoms. The molecule has 1 aromatic rings. The van der Waals surface area contributed by atoms with E-state index in [0.717, 1.165) is 15.4 Å². The highest BCUT2D eigenvalue weighted by atomic mass is 16.5. The highest BCUT2D eigenvalue weighted by Crippen LogP contribution is 2.13. The van der Waals surface area contributed by atoms with E-state index in [9.17, 15) is 19.2 Å². The number of alkyl carbamates (subject to hydrolysis) is 1. The molecule has 1 atom stereocenters. The van der Waals surface area contributed by atoms with Gasteiger partial charge in [0.1, 0.15) is 19.2 Å². The Morgan fingerprint density at radius 1 is 1.33 bits per heavy atom. The van der Waals surface area contributed by atoms with Crippen LogP contribution in [0.3, 0.4) is 0 Å². The van der Waals surface area contributed by atoms with Crippen molar-refractivity contribution in [2.75, 3.05) is 20.1 Å². The van der Waals surface area contributed by atoms with Gasteiger partial charge in [-0.15, -0.1) is 0 Å². The molecule has 0 radical (unpaired) electrons. The van der Waals surface area contributed by atoms with Gasteiger partial charge in [0.2, 0.25) is 0 Å². The van der Waals surface area contributed by atoms with Crippen LogP contribution in [0, 0.1) is 0 Å². The Labute approximate surface area is 137 Å². The number of aliphatic carboxylic acids is 1. The maximum atomic E-state index is 11.9. The number of carbonyl (C=O) groups is 4. The lowest BCUT2D eigenvalue weighted by molar-refractivity contribution is -0.142. The van der Waals surface area contributed by atoms with Gasteiger partial charge in [0.15, 0.2) is 0 Å². The quantitative estimate of drug-likeness (QED) is 0.746. The minimum Gasteiger partial charge on any atom is -0.480 e. The van der Waals surface area contributed by atoms with Gasteiger partial charge in [-0.05, 0) is 5.56 Å². The monoisotopic (exact) mass is 335 g/mol. The Kier molecular flexibility index (Phi) is 5.35. The molecule has 0 saturated carbocycles. The van der Waals surface area contributed by atoms with Crippen molar-refractivity contribution in [2.24, 2.45) is 0 Å². The van der Waals surface area contributed by atoms with Gasteiger partial charge in [-0.2, -0.15) is 0 Å². The van der Waals surface area contributed by atoms with E-state index in [-0.39, 0.29) is 13.2 Å². The number of ether oxygens (including phenoxy) is 1. The summed E-state index contributed by atoms with van der Waals surface area (Å²) in [7, 11) is 1.28. The minimum absolute atomic E-state index is 0.0257. The van der Waals surface area contributed by atoms with Crippen molar-refractivity contribution in [3.8, 4) is 0 Å². The van der Waals surface area contributed by atoms with Crippen LogP contribution in [0.25, 0.3) is 0 Å². The first-order valence-electron chi connectivity index (χ1n) is 7.14. The number of carbonyl (C=O) groups excluding carboxylic acids is 3. The van der Waals surface area contributed by atoms with Crippen LogP contribution in [0.1, 0.15) is 5.56 Å². The topological polar surface area (TPSA) is 116 Å². The average molecular weight is 335 g/mol. The van der Waals surface area contributed by atoms with Crippen LogP contribution in [0.2, 0.25) is 0 Å². The number of carboxylic acids is 1. The first-order chi connectivity index (χ1) is 11.4. The van der Waals surface area contributed by atoms with E-state index < -0.39 is 36.6 Å². The van der Waals surface area contributed by atoms with Crippen molar-refractivity contribution in [1.29, 1.82) is 0 Å².